The van der Waals surface area contributed by atoms with E-state index in [-0.39, 0.29) is 15.5 Å². The summed E-state index contributed by atoms with van der Waals surface area (Å²) >= 11 is 5.96. The van der Waals surface area contributed by atoms with Gasteiger partial charge in [-0.15, -0.1) is 0 Å². The second-order valence-corrected chi connectivity index (χ2v) is 12.1. The first-order valence-corrected chi connectivity index (χ1v) is 14.1. The molecule has 3 aromatic rings. The minimum Gasteiger partial charge on any atom is -0.497 e. The lowest BCUT2D eigenvalue weighted by Crippen LogP contribution is -2.41. The highest BCUT2D eigenvalue weighted by atomic mass is 35.5. The Bertz CT molecular complexity index is 1390. The fraction of sp³-hybridized carbons (Fsp3) is 0.208. The molecule has 8 nitrogen and oxygen atoms in total. The number of rotatable bonds is 9. The lowest BCUT2D eigenvalue weighted by molar-refractivity contribution is -0.120. The van der Waals surface area contributed by atoms with Gasteiger partial charge in [-0.3, -0.25) is 9.10 Å². The smallest absolute Gasteiger partial charge is 0.264 e. The predicted molar refractivity (Wildman–Crippen MR) is 135 cm³/mol. The van der Waals surface area contributed by atoms with Crippen LogP contribution in [0.4, 0.5) is 5.69 Å². The third kappa shape index (κ3) is 6.53. The molecule has 0 bridgehead atoms. The monoisotopic (exact) mass is 536 g/mol. The topological polar surface area (TPSA) is 110 Å². The van der Waals surface area contributed by atoms with Gasteiger partial charge in [0.25, 0.3) is 10.0 Å². The fourth-order valence-corrected chi connectivity index (χ4v) is 5.48. The molecule has 0 spiro atoms. The molecule has 0 heterocycles. The lowest BCUT2D eigenvalue weighted by atomic mass is 10.1. The van der Waals surface area contributed by atoms with Gasteiger partial charge in [-0.25, -0.2) is 16.8 Å². The molecule has 3 aromatic carbocycles. The van der Waals surface area contributed by atoms with Gasteiger partial charge < -0.3 is 10.1 Å². The Hall–Kier alpha value is -3.08. The molecule has 0 aliphatic heterocycles. The van der Waals surface area contributed by atoms with Crippen molar-refractivity contribution in [1.29, 1.82) is 0 Å². The van der Waals surface area contributed by atoms with Gasteiger partial charge in [-0.05, 0) is 73.2 Å². The van der Waals surface area contributed by atoms with Crippen LogP contribution in [0, 0.1) is 0 Å². The molecule has 0 aromatic heterocycles. The Morgan fingerprint density at radius 3 is 1.97 bits per heavy atom. The summed E-state index contributed by atoms with van der Waals surface area (Å²) in [5, 5.41) is 3.19. The van der Waals surface area contributed by atoms with E-state index in [4.69, 9.17) is 16.3 Å². The van der Waals surface area contributed by atoms with Crippen molar-refractivity contribution in [2.45, 2.75) is 22.8 Å². The van der Waals surface area contributed by atoms with Crippen LogP contribution in [-0.4, -0.2) is 42.7 Å². The van der Waals surface area contributed by atoms with Crippen LogP contribution in [0.5, 0.6) is 5.75 Å². The van der Waals surface area contributed by atoms with E-state index in [9.17, 15) is 21.6 Å². The van der Waals surface area contributed by atoms with Crippen LogP contribution in [0.1, 0.15) is 18.5 Å². The molecule has 0 aliphatic carbocycles. The summed E-state index contributed by atoms with van der Waals surface area (Å²) in [6.45, 7) is 1.24. The number of methoxy groups -OCH3 is 1. The number of benzene rings is 3. The highest BCUT2D eigenvalue weighted by Gasteiger charge is 2.28. The molecule has 1 atom stereocenters. The van der Waals surface area contributed by atoms with Crippen LogP contribution < -0.4 is 14.4 Å². The number of sulfone groups is 1. The number of anilines is 1. The molecule has 3 rings (SSSR count). The summed E-state index contributed by atoms with van der Waals surface area (Å²) in [5.74, 6) is -0.0489. The number of carbonyl (C=O) groups excluding carboxylic acids is 1. The molecule has 186 valence electrons. The van der Waals surface area contributed by atoms with E-state index in [1.807, 2.05) is 0 Å². The van der Waals surface area contributed by atoms with Crippen LogP contribution >= 0.6 is 11.6 Å². The average molecular weight is 537 g/mol. The summed E-state index contributed by atoms with van der Waals surface area (Å²) in [5.41, 5.74) is 0.937. The number of hydrogen-bond acceptors (Lipinski definition) is 6. The van der Waals surface area contributed by atoms with Gasteiger partial charge in [0.15, 0.2) is 9.84 Å². The third-order valence-corrected chi connectivity index (χ3v) is 8.40. The number of ether oxygens (including phenoxy) is 1. The normalized spacial score (nSPS) is 12.6. The first-order chi connectivity index (χ1) is 16.4. The Morgan fingerprint density at radius 2 is 1.46 bits per heavy atom. The number of nitrogens with zero attached hydrogens (tertiary/aromatic N) is 1. The zero-order valence-corrected chi connectivity index (χ0v) is 21.7. The Kier molecular flexibility index (Phi) is 8.09. The second kappa shape index (κ2) is 10.7. The molecule has 0 saturated carbocycles. The SMILES string of the molecule is COc1ccc(S(=O)(=O)N(CC(=O)NC(C)c2ccc(S(C)(=O)=O)cc2)c2ccc(Cl)cc2)cc1. The molecule has 0 saturated heterocycles. The van der Waals surface area contributed by atoms with Gasteiger partial charge in [-0.2, -0.15) is 0 Å². The van der Waals surface area contributed by atoms with Crippen molar-refractivity contribution in [3.8, 4) is 5.75 Å². The number of nitrogens with one attached hydrogen (secondary N) is 1. The number of carbonyl (C=O) groups is 1. The summed E-state index contributed by atoms with van der Waals surface area (Å²) in [7, 11) is -5.97. The van der Waals surface area contributed by atoms with E-state index in [2.05, 4.69) is 5.32 Å². The fourth-order valence-electron chi connectivity index (χ4n) is 3.30. The van der Waals surface area contributed by atoms with Crippen molar-refractivity contribution in [2.75, 3.05) is 24.2 Å². The minimum absolute atomic E-state index is 0.00883. The molecule has 11 heteroatoms. The quantitative estimate of drug-likeness (QED) is 0.445. The summed E-state index contributed by atoms with van der Waals surface area (Å²) < 4.78 is 56.3. The van der Waals surface area contributed by atoms with E-state index in [0.717, 1.165) is 10.6 Å². The van der Waals surface area contributed by atoms with Crippen molar-refractivity contribution in [3.05, 3.63) is 83.4 Å². The maximum Gasteiger partial charge on any atom is 0.264 e. The molecule has 0 fully saturated rings. The van der Waals surface area contributed by atoms with Crippen LogP contribution in [-0.2, 0) is 24.7 Å². The molecule has 0 radical (unpaired) electrons. The number of sulfonamides is 1. The van der Waals surface area contributed by atoms with Gasteiger partial charge in [0.05, 0.1) is 28.6 Å². The zero-order chi connectivity index (χ0) is 25.8. The predicted octanol–water partition coefficient (Wildman–Crippen LogP) is 3.82. The molecular weight excluding hydrogens is 512 g/mol. The summed E-state index contributed by atoms with van der Waals surface area (Å²) in [6.07, 6.45) is 1.11. The van der Waals surface area contributed by atoms with Crippen molar-refractivity contribution >= 4 is 43.1 Å². The van der Waals surface area contributed by atoms with E-state index in [0.29, 0.717) is 16.3 Å². The first-order valence-electron chi connectivity index (χ1n) is 10.4. The highest BCUT2D eigenvalue weighted by Crippen LogP contribution is 2.26. The third-order valence-electron chi connectivity index (χ3n) is 5.24. The molecular formula is C24H25ClN2O6S2. The largest absolute Gasteiger partial charge is 0.497 e. The van der Waals surface area contributed by atoms with Crippen LogP contribution in [0.2, 0.25) is 5.02 Å². The van der Waals surface area contributed by atoms with Crippen LogP contribution in [0.25, 0.3) is 0 Å². The molecule has 1 N–H and O–H groups in total. The zero-order valence-electron chi connectivity index (χ0n) is 19.3. The van der Waals surface area contributed by atoms with Crippen LogP contribution in [0.15, 0.2) is 82.6 Å². The number of hydrogen-bond donors (Lipinski definition) is 1. The van der Waals surface area contributed by atoms with Gasteiger partial charge in [0.2, 0.25) is 5.91 Å². The molecule has 35 heavy (non-hydrogen) atoms. The van der Waals surface area contributed by atoms with Gasteiger partial charge >= 0.3 is 0 Å². The van der Waals surface area contributed by atoms with E-state index in [1.54, 1.807) is 19.1 Å². The molecule has 1 unspecified atom stereocenters. The maximum atomic E-state index is 13.5. The Balaban J connectivity index is 1.85. The van der Waals surface area contributed by atoms with Gasteiger partial charge in [0, 0.05) is 11.3 Å². The summed E-state index contributed by atoms with van der Waals surface area (Å²) in [4.78, 5) is 13.1. The second-order valence-electron chi connectivity index (χ2n) is 7.79. The van der Waals surface area contributed by atoms with Crippen molar-refractivity contribution in [2.24, 2.45) is 0 Å². The molecule has 0 aliphatic rings. The maximum absolute atomic E-state index is 13.5. The Labute approximate surface area is 210 Å². The summed E-state index contributed by atoms with van der Waals surface area (Å²) in [6, 6.07) is 17.6. The van der Waals surface area contributed by atoms with Crippen molar-refractivity contribution < 1.29 is 26.4 Å². The van der Waals surface area contributed by atoms with Crippen molar-refractivity contribution in [3.63, 3.8) is 0 Å². The minimum atomic E-state index is -4.10. The highest BCUT2D eigenvalue weighted by molar-refractivity contribution is 7.93. The average Bonchev–Trinajstić information content (AvgIpc) is 2.82. The number of amides is 1. The van der Waals surface area contributed by atoms with E-state index in [1.165, 1.54) is 67.8 Å². The van der Waals surface area contributed by atoms with Gasteiger partial charge in [0.1, 0.15) is 12.3 Å². The van der Waals surface area contributed by atoms with Crippen LogP contribution in [0.3, 0.4) is 0 Å². The Morgan fingerprint density at radius 1 is 0.914 bits per heavy atom. The molecule has 1 amide bonds. The lowest BCUT2D eigenvalue weighted by Gasteiger charge is -2.25. The van der Waals surface area contributed by atoms with E-state index < -0.39 is 38.4 Å². The van der Waals surface area contributed by atoms with Crippen molar-refractivity contribution in [1.82, 2.24) is 5.32 Å². The number of halogens is 1. The standard InChI is InChI=1S/C24H25ClN2O6S2/c1-17(18-4-12-22(13-5-18)34(3,29)30)26-24(28)16-27(20-8-6-19(25)7-9-20)35(31,32)23-14-10-21(33-2)11-15-23/h4-15,17H,16H2,1-3H3,(H,26,28). The van der Waals surface area contributed by atoms with E-state index >= 15 is 0 Å². The first kappa shape index (κ1) is 26.5. The van der Waals surface area contributed by atoms with Gasteiger partial charge in [-0.1, -0.05) is 23.7 Å².